The number of allylic oxidation sites excluding steroid dienone is 2. The minimum atomic E-state index is 1.23. The molecule has 1 fully saturated rings. The summed E-state index contributed by atoms with van der Waals surface area (Å²) < 4.78 is 2.90. The third-order valence-electron chi connectivity index (χ3n) is 3.22. The van der Waals surface area contributed by atoms with Gasteiger partial charge in [-0.2, -0.15) is 0 Å². The van der Waals surface area contributed by atoms with Gasteiger partial charge in [0.1, 0.15) is 0 Å². The lowest BCUT2D eigenvalue weighted by atomic mass is 10.1. The molecule has 0 amide bonds. The smallest absolute Gasteiger partial charge is 0.0406 e. The predicted molar refractivity (Wildman–Crippen MR) is 104 cm³/mol. The molecule has 0 atom stereocenters. The van der Waals surface area contributed by atoms with Crippen molar-refractivity contribution < 1.29 is 0 Å². The monoisotopic (exact) mass is 510 g/mol. The van der Waals surface area contributed by atoms with Crippen molar-refractivity contribution in [1.29, 1.82) is 0 Å². The Morgan fingerprint density at radius 3 is 1.68 bits per heavy atom. The van der Waals surface area contributed by atoms with E-state index in [4.69, 9.17) is 0 Å². The third kappa shape index (κ3) is 3.01. The molecule has 19 heavy (non-hydrogen) atoms. The van der Waals surface area contributed by atoms with Gasteiger partial charge in [0, 0.05) is 16.9 Å². The summed E-state index contributed by atoms with van der Waals surface area (Å²) in [7, 11) is 0. The highest BCUT2D eigenvalue weighted by Gasteiger charge is 2.21. The lowest BCUT2D eigenvalue weighted by molar-refractivity contribution is 0.935. The van der Waals surface area contributed by atoms with Gasteiger partial charge in [-0.05, 0) is 98.5 Å². The summed E-state index contributed by atoms with van der Waals surface area (Å²) >= 11 is 8.74. The van der Waals surface area contributed by atoms with E-state index < -0.39 is 0 Å². The van der Waals surface area contributed by atoms with Crippen LogP contribution in [0.3, 0.4) is 0 Å². The van der Waals surface area contributed by atoms with Crippen LogP contribution in [0.1, 0.15) is 29.0 Å². The van der Waals surface area contributed by atoms with Gasteiger partial charge in [0.05, 0.1) is 0 Å². The first-order valence-electron chi connectivity index (χ1n) is 6.13. The van der Waals surface area contributed by atoms with E-state index in [1.54, 1.807) is 11.1 Å². The zero-order chi connectivity index (χ0) is 13.2. The lowest BCUT2D eigenvalue weighted by Crippen LogP contribution is -1.85. The van der Waals surface area contributed by atoms with Crippen LogP contribution < -0.4 is 0 Å². The molecule has 2 aromatic rings. The summed E-state index contributed by atoms with van der Waals surface area (Å²) in [5.74, 6) is 0. The average molecular weight is 510 g/mol. The van der Waals surface area contributed by atoms with Crippen LogP contribution in [0.4, 0.5) is 0 Å². The lowest BCUT2D eigenvalue weighted by Gasteiger charge is -2.08. The van der Waals surface area contributed by atoms with Gasteiger partial charge in [0.15, 0.2) is 0 Å². The number of hydrogen-bond donors (Lipinski definition) is 0. The molecule has 3 rings (SSSR count). The molecular formula is C15H12I2S2. The van der Waals surface area contributed by atoms with E-state index in [0.717, 1.165) is 0 Å². The largest absolute Gasteiger partial charge is 0.143 e. The molecule has 0 saturated heterocycles. The minimum Gasteiger partial charge on any atom is -0.143 e. The fraction of sp³-hybridized carbons (Fsp3) is 0.200. The van der Waals surface area contributed by atoms with E-state index in [9.17, 15) is 0 Å². The van der Waals surface area contributed by atoms with Crippen molar-refractivity contribution in [2.45, 2.75) is 19.3 Å². The highest BCUT2D eigenvalue weighted by atomic mass is 127. The quantitative estimate of drug-likeness (QED) is 0.383. The van der Waals surface area contributed by atoms with Crippen LogP contribution >= 0.6 is 67.9 Å². The highest BCUT2D eigenvalue weighted by molar-refractivity contribution is 14.1. The maximum atomic E-state index is 2.53. The van der Waals surface area contributed by atoms with Crippen molar-refractivity contribution in [2.75, 3.05) is 0 Å². The molecule has 4 heteroatoms. The van der Waals surface area contributed by atoms with E-state index in [2.05, 4.69) is 80.2 Å². The van der Waals surface area contributed by atoms with Crippen LogP contribution in [0.5, 0.6) is 0 Å². The van der Waals surface area contributed by atoms with E-state index in [1.807, 2.05) is 22.7 Å². The van der Waals surface area contributed by atoms with Gasteiger partial charge in [0.2, 0.25) is 0 Å². The van der Waals surface area contributed by atoms with Crippen molar-refractivity contribution in [2.24, 2.45) is 0 Å². The minimum absolute atomic E-state index is 1.23. The van der Waals surface area contributed by atoms with E-state index >= 15 is 0 Å². The van der Waals surface area contributed by atoms with Crippen LogP contribution in [0.25, 0.3) is 7.16 Å². The Bertz CT molecular complexity index is 563. The Labute approximate surface area is 148 Å². The number of hydrogen-bond acceptors (Lipinski definition) is 2. The molecule has 0 N–H and O–H groups in total. The van der Waals surface area contributed by atoms with Crippen LogP contribution in [-0.4, -0.2) is 0 Å². The topological polar surface area (TPSA) is 0 Å². The Hall–Kier alpha value is 0.340. The maximum absolute atomic E-state index is 2.53. The molecule has 1 aliphatic carbocycles. The first-order chi connectivity index (χ1) is 9.27. The van der Waals surface area contributed by atoms with Crippen molar-refractivity contribution in [3.63, 3.8) is 0 Å². The zero-order valence-corrected chi connectivity index (χ0v) is 16.1. The standard InChI is InChI=1S/C15H12I2S2/c16-14(12-6-2-8-18-12)10-4-1-5-11(10)15(17)13-7-3-9-19-13/h2-3,6-9H,1,4-5H2/b14-10-,15-11-. The first kappa shape index (κ1) is 14.3. The molecule has 0 nitrogen and oxygen atoms in total. The summed E-state index contributed by atoms with van der Waals surface area (Å²) in [6.07, 6.45) is 3.74. The molecule has 0 unspecified atom stereocenters. The summed E-state index contributed by atoms with van der Waals surface area (Å²) in [5, 5.41) is 4.33. The number of thiophene rings is 2. The van der Waals surface area contributed by atoms with Gasteiger partial charge >= 0.3 is 0 Å². The third-order valence-corrected chi connectivity index (χ3v) is 8.19. The number of halogens is 2. The van der Waals surface area contributed by atoms with E-state index in [1.165, 1.54) is 36.2 Å². The summed E-state index contributed by atoms with van der Waals surface area (Å²) in [6.45, 7) is 0. The molecule has 0 aliphatic heterocycles. The SMILES string of the molecule is I/C(=C1/CCC/C1=C(/I)c1cccs1)c1cccs1. The van der Waals surface area contributed by atoms with Gasteiger partial charge in [-0.15, -0.1) is 22.7 Å². The Morgan fingerprint density at radius 2 is 1.32 bits per heavy atom. The van der Waals surface area contributed by atoms with Gasteiger partial charge in [-0.1, -0.05) is 12.1 Å². The van der Waals surface area contributed by atoms with Gasteiger partial charge < -0.3 is 0 Å². The Morgan fingerprint density at radius 1 is 0.842 bits per heavy atom. The summed E-state index contributed by atoms with van der Waals surface area (Å²) in [4.78, 5) is 2.82. The summed E-state index contributed by atoms with van der Waals surface area (Å²) in [5.41, 5.74) is 3.14. The first-order valence-corrected chi connectivity index (χ1v) is 10.0. The number of rotatable bonds is 2. The molecule has 1 aliphatic rings. The zero-order valence-electron chi connectivity index (χ0n) is 10.2. The second-order valence-electron chi connectivity index (χ2n) is 4.39. The molecule has 0 bridgehead atoms. The normalized spacial score (nSPS) is 20.7. The van der Waals surface area contributed by atoms with E-state index in [0.29, 0.717) is 0 Å². The molecule has 0 radical (unpaired) electrons. The average Bonchev–Trinajstić information content (AvgIpc) is 3.16. The Balaban J connectivity index is 2.07. The van der Waals surface area contributed by atoms with Crippen LogP contribution in [0.2, 0.25) is 0 Å². The van der Waals surface area contributed by atoms with Crippen molar-refractivity contribution >= 4 is 75.0 Å². The van der Waals surface area contributed by atoms with Gasteiger partial charge in [-0.3, -0.25) is 0 Å². The van der Waals surface area contributed by atoms with Crippen LogP contribution in [0, 0.1) is 0 Å². The molecule has 98 valence electrons. The predicted octanol–water partition coefficient (Wildman–Crippen LogP) is 6.99. The van der Waals surface area contributed by atoms with Crippen LogP contribution in [-0.2, 0) is 0 Å². The van der Waals surface area contributed by atoms with Crippen LogP contribution in [0.15, 0.2) is 46.2 Å². The fourth-order valence-electron chi connectivity index (χ4n) is 2.33. The molecular weight excluding hydrogens is 498 g/mol. The van der Waals surface area contributed by atoms with Crippen molar-refractivity contribution in [1.82, 2.24) is 0 Å². The van der Waals surface area contributed by atoms with E-state index in [-0.39, 0.29) is 0 Å². The fourth-order valence-corrected chi connectivity index (χ4v) is 6.02. The molecule has 0 aromatic carbocycles. The van der Waals surface area contributed by atoms with Gasteiger partial charge in [0.25, 0.3) is 0 Å². The molecule has 2 heterocycles. The molecule has 0 spiro atoms. The van der Waals surface area contributed by atoms with Crippen molar-refractivity contribution in [3.8, 4) is 0 Å². The highest BCUT2D eigenvalue weighted by Crippen LogP contribution is 2.45. The molecule has 2 aromatic heterocycles. The molecule has 1 saturated carbocycles. The van der Waals surface area contributed by atoms with Crippen molar-refractivity contribution in [3.05, 3.63) is 55.9 Å². The second-order valence-corrected chi connectivity index (χ2v) is 8.45. The summed E-state index contributed by atoms with van der Waals surface area (Å²) in [6, 6.07) is 8.74. The van der Waals surface area contributed by atoms with Gasteiger partial charge in [-0.25, -0.2) is 0 Å². The maximum Gasteiger partial charge on any atom is 0.0406 e. The second kappa shape index (κ2) is 6.41. The Kier molecular flexibility index (Phi) is 4.82.